The molecule has 0 aliphatic rings. The molecule has 1 atom stereocenters. The molecule has 0 radical (unpaired) electrons. The van der Waals surface area contributed by atoms with Gasteiger partial charge in [-0.05, 0) is 53.1 Å². The molecule has 2 amide bonds. The molecule has 0 aliphatic heterocycles. The summed E-state index contributed by atoms with van der Waals surface area (Å²) in [5.74, 6) is -0.445. The van der Waals surface area contributed by atoms with Gasteiger partial charge in [0.15, 0.2) is 0 Å². The summed E-state index contributed by atoms with van der Waals surface area (Å²) < 4.78 is 0. The molecule has 1 heterocycles. The minimum Gasteiger partial charge on any atom is -0.384 e. The maximum absolute atomic E-state index is 11.9. The van der Waals surface area contributed by atoms with Gasteiger partial charge in [0.25, 0.3) is 5.91 Å². The summed E-state index contributed by atoms with van der Waals surface area (Å²) in [7, 11) is 1.57. The summed E-state index contributed by atoms with van der Waals surface area (Å²) in [6.45, 7) is 1.79. The fraction of sp³-hybridized carbons (Fsp3) is 0.222. The van der Waals surface area contributed by atoms with Gasteiger partial charge in [-0.2, -0.15) is 11.3 Å². The molecule has 2 rings (SSSR count). The quantitative estimate of drug-likeness (QED) is 0.703. The summed E-state index contributed by atoms with van der Waals surface area (Å²) in [4.78, 5) is 23.3. The molecule has 0 spiro atoms. The molecule has 0 bridgehead atoms. The zero-order chi connectivity index (χ0) is 17.6. The van der Waals surface area contributed by atoms with Gasteiger partial charge in [0, 0.05) is 18.7 Å². The Morgan fingerprint density at radius 1 is 1.25 bits per heavy atom. The van der Waals surface area contributed by atoms with Crippen LogP contribution in [0, 0.1) is 0 Å². The van der Waals surface area contributed by atoms with Crippen molar-refractivity contribution >= 4 is 29.2 Å². The Hall–Kier alpha value is -2.44. The second-order valence-electron chi connectivity index (χ2n) is 5.54. The molecule has 1 unspecified atom stereocenters. The maximum atomic E-state index is 11.9. The molecule has 3 N–H and O–H groups in total. The van der Waals surface area contributed by atoms with Crippen LogP contribution < -0.4 is 10.6 Å². The predicted molar refractivity (Wildman–Crippen MR) is 95.8 cm³/mol. The largest absolute Gasteiger partial charge is 0.384 e. The van der Waals surface area contributed by atoms with Crippen LogP contribution in [-0.4, -0.2) is 30.5 Å². The van der Waals surface area contributed by atoms with Crippen molar-refractivity contribution in [2.45, 2.75) is 12.5 Å². The zero-order valence-electron chi connectivity index (χ0n) is 13.6. The molecule has 2 aromatic rings. The molecule has 0 saturated heterocycles. The van der Waals surface area contributed by atoms with Crippen molar-refractivity contribution in [2.75, 3.05) is 13.6 Å². The van der Waals surface area contributed by atoms with Crippen molar-refractivity contribution in [1.82, 2.24) is 10.6 Å². The fourth-order valence-electron chi connectivity index (χ4n) is 2.05. The van der Waals surface area contributed by atoms with E-state index in [-0.39, 0.29) is 18.4 Å². The van der Waals surface area contributed by atoms with E-state index in [2.05, 4.69) is 10.6 Å². The summed E-state index contributed by atoms with van der Waals surface area (Å²) in [6, 6.07) is 8.74. The lowest BCUT2D eigenvalue weighted by molar-refractivity contribution is -0.117. The fourth-order valence-corrected chi connectivity index (χ4v) is 2.84. The number of aliphatic hydroxyl groups is 1. The number of carbonyl (C=O) groups excluding carboxylic acids is 2. The van der Waals surface area contributed by atoms with E-state index in [1.54, 1.807) is 44.3 Å². The third-order valence-corrected chi connectivity index (χ3v) is 4.26. The van der Waals surface area contributed by atoms with E-state index >= 15 is 0 Å². The molecular weight excluding hydrogens is 324 g/mol. The summed E-state index contributed by atoms with van der Waals surface area (Å²) >= 11 is 1.50. The van der Waals surface area contributed by atoms with Gasteiger partial charge in [-0.1, -0.05) is 12.1 Å². The highest BCUT2D eigenvalue weighted by Gasteiger charge is 2.23. The van der Waals surface area contributed by atoms with Gasteiger partial charge in [-0.25, -0.2) is 0 Å². The molecular formula is C18H20N2O3S. The van der Waals surface area contributed by atoms with Crippen LogP contribution in [0.1, 0.15) is 28.4 Å². The van der Waals surface area contributed by atoms with Crippen molar-refractivity contribution in [3.8, 4) is 0 Å². The number of carbonyl (C=O) groups is 2. The van der Waals surface area contributed by atoms with Gasteiger partial charge >= 0.3 is 0 Å². The highest BCUT2D eigenvalue weighted by Crippen LogP contribution is 2.21. The van der Waals surface area contributed by atoms with Crippen molar-refractivity contribution < 1.29 is 14.7 Å². The average molecular weight is 344 g/mol. The number of amides is 2. The minimum atomic E-state index is -1.10. The van der Waals surface area contributed by atoms with E-state index in [0.29, 0.717) is 5.56 Å². The second-order valence-corrected chi connectivity index (χ2v) is 6.32. The molecule has 0 fully saturated rings. The van der Waals surface area contributed by atoms with Crippen molar-refractivity contribution in [3.63, 3.8) is 0 Å². The van der Waals surface area contributed by atoms with Crippen LogP contribution in [0.4, 0.5) is 0 Å². The average Bonchev–Trinajstić information content (AvgIpc) is 3.13. The van der Waals surface area contributed by atoms with Crippen molar-refractivity contribution in [1.29, 1.82) is 0 Å². The van der Waals surface area contributed by atoms with Crippen LogP contribution in [0.25, 0.3) is 6.08 Å². The lowest BCUT2D eigenvalue weighted by Crippen LogP contribution is -2.37. The van der Waals surface area contributed by atoms with Gasteiger partial charge in [-0.15, -0.1) is 0 Å². The smallest absolute Gasteiger partial charge is 0.251 e. The Balaban J connectivity index is 1.90. The Bertz CT molecular complexity index is 719. The van der Waals surface area contributed by atoms with Gasteiger partial charge in [0.2, 0.25) is 5.91 Å². The maximum Gasteiger partial charge on any atom is 0.251 e. The third-order valence-electron chi connectivity index (χ3n) is 3.58. The van der Waals surface area contributed by atoms with Gasteiger partial charge in [0.1, 0.15) is 5.60 Å². The Kier molecular flexibility index (Phi) is 5.89. The number of rotatable bonds is 6. The Labute approximate surface area is 145 Å². The van der Waals surface area contributed by atoms with E-state index in [1.165, 1.54) is 17.4 Å². The predicted octanol–water partition coefficient (Wildman–Crippen LogP) is 2.14. The molecule has 5 nitrogen and oxygen atoms in total. The number of thiophene rings is 1. The lowest BCUT2D eigenvalue weighted by Gasteiger charge is -2.22. The topological polar surface area (TPSA) is 78.4 Å². The van der Waals surface area contributed by atoms with Crippen LogP contribution in [0.3, 0.4) is 0 Å². The summed E-state index contributed by atoms with van der Waals surface area (Å²) in [6.07, 6.45) is 3.06. The standard InChI is InChI=1S/C18H20N2O3S/c1-18(23,15-9-10-24-11-15)12-20-16(21)8-5-13-3-6-14(7-4-13)17(22)19-2/h3-11,23H,12H2,1-2H3,(H,19,22)(H,20,21). The molecule has 0 saturated carbocycles. The van der Waals surface area contributed by atoms with E-state index < -0.39 is 5.60 Å². The zero-order valence-corrected chi connectivity index (χ0v) is 14.4. The van der Waals surface area contributed by atoms with Crippen LogP contribution >= 0.6 is 11.3 Å². The van der Waals surface area contributed by atoms with Gasteiger partial charge in [-0.3, -0.25) is 9.59 Å². The highest BCUT2D eigenvalue weighted by atomic mass is 32.1. The lowest BCUT2D eigenvalue weighted by atomic mass is 9.99. The monoisotopic (exact) mass is 344 g/mol. The first-order chi connectivity index (χ1) is 11.4. The van der Waals surface area contributed by atoms with Crippen LogP contribution in [0.15, 0.2) is 47.2 Å². The first-order valence-electron chi connectivity index (χ1n) is 7.45. The van der Waals surface area contributed by atoms with Gasteiger partial charge in [0.05, 0.1) is 6.54 Å². The highest BCUT2D eigenvalue weighted by molar-refractivity contribution is 7.08. The van der Waals surface area contributed by atoms with Crippen molar-refractivity contribution in [3.05, 3.63) is 63.9 Å². The van der Waals surface area contributed by atoms with Crippen LogP contribution in [-0.2, 0) is 10.4 Å². The first kappa shape index (κ1) is 17.9. The molecule has 24 heavy (non-hydrogen) atoms. The van der Waals surface area contributed by atoms with E-state index in [0.717, 1.165) is 11.1 Å². The Morgan fingerprint density at radius 2 is 1.96 bits per heavy atom. The van der Waals surface area contributed by atoms with Crippen LogP contribution in [0.5, 0.6) is 0 Å². The number of benzene rings is 1. The third kappa shape index (κ3) is 4.78. The molecule has 6 heteroatoms. The summed E-state index contributed by atoms with van der Waals surface area (Å²) in [5, 5.41) is 19.3. The molecule has 1 aromatic carbocycles. The minimum absolute atomic E-state index is 0.127. The van der Waals surface area contributed by atoms with E-state index in [1.807, 2.05) is 16.8 Å². The molecule has 1 aromatic heterocycles. The van der Waals surface area contributed by atoms with Crippen molar-refractivity contribution in [2.24, 2.45) is 0 Å². The van der Waals surface area contributed by atoms with Crippen LogP contribution in [0.2, 0.25) is 0 Å². The first-order valence-corrected chi connectivity index (χ1v) is 8.40. The molecule has 0 aliphatic carbocycles. The Morgan fingerprint density at radius 3 is 2.54 bits per heavy atom. The number of nitrogens with one attached hydrogen (secondary N) is 2. The number of hydrogen-bond donors (Lipinski definition) is 3. The normalized spacial score (nSPS) is 13.5. The second kappa shape index (κ2) is 7.90. The van der Waals surface area contributed by atoms with E-state index in [4.69, 9.17) is 0 Å². The SMILES string of the molecule is CNC(=O)c1ccc(C=CC(=O)NCC(C)(O)c2ccsc2)cc1. The molecule has 126 valence electrons. The van der Waals surface area contributed by atoms with Gasteiger partial charge < -0.3 is 15.7 Å². The summed E-state index contributed by atoms with van der Waals surface area (Å²) in [5.41, 5.74) is 1.05. The van der Waals surface area contributed by atoms with E-state index in [9.17, 15) is 14.7 Å². The number of hydrogen-bond acceptors (Lipinski definition) is 4.